The molecule has 2 N–H and O–H groups in total. The second-order valence-electron chi connectivity index (χ2n) is 6.73. The number of carbonyl (C=O) groups is 1. The van der Waals surface area contributed by atoms with E-state index in [1.165, 1.54) is 6.07 Å². The summed E-state index contributed by atoms with van der Waals surface area (Å²) < 4.78 is 1.61. The van der Waals surface area contributed by atoms with Gasteiger partial charge in [-0.1, -0.05) is 17.7 Å². The van der Waals surface area contributed by atoms with E-state index in [2.05, 4.69) is 20.4 Å². The number of hydrogen-bond acceptors (Lipinski definition) is 4. The number of benzene rings is 1. The Kier molecular flexibility index (Phi) is 5.65. The topological polar surface area (TPSA) is 92.7 Å². The van der Waals surface area contributed by atoms with Crippen LogP contribution in [0.25, 0.3) is 5.95 Å². The van der Waals surface area contributed by atoms with Crippen molar-refractivity contribution in [3.05, 3.63) is 67.9 Å². The molecule has 0 bridgehead atoms. The van der Waals surface area contributed by atoms with Crippen LogP contribution in [0.3, 0.4) is 0 Å². The van der Waals surface area contributed by atoms with E-state index in [1.807, 2.05) is 26.8 Å². The fraction of sp³-hybridized carbons (Fsp3) is 0.300. The molecule has 0 spiro atoms. The summed E-state index contributed by atoms with van der Waals surface area (Å²) in [6, 6.07) is 6.85. The van der Waals surface area contributed by atoms with Crippen molar-refractivity contribution >= 4 is 23.2 Å². The van der Waals surface area contributed by atoms with Gasteiger partial charge in [-0.15, -0.1) is 0 Å². The van der Waals surface area contributed by atoms with Crippen molar-refractivity contribution < 1.29 is 4.79 Å². The molecule has 7 nitrogen and oxygen atoms in total. The van der Waals surface area contributed by atoms with Gasteiger partial charge in [-0.25, -0.2) is 9.67 Å². The Morgan fingerprint density at radius 1 is 1.25 bits per heavy atom. The smallest absolute Gasteiger partial charge is 0.252 e. The highest BCUT2D eigenvalue weighted by Crippen LogP contribution is 2.23. The Balaban J connectivity index is 1.76. The van der Waals surface area contributed by atoms with Crippen LogP contribution in [0.4, 0.5) is 5.69 Å². The van der Waals surface area contributed by atoms with Gasteiger partial charge in [0.25, 0.3) is 5.56 Å². The fourth-order valence-corrected chi connectivity index (χ4v) is 3.28. The number of halogens is 1. The number of nitrogens with zero attached hydrogens (tertiary/aromatic N) is 3. The first-order valence-electron chi connectivity index (χ1n) is 8.94. The second-order valence-corrected chi connectivity index (χ2v) is 7.14. The quantitative estimate of drug-likeness (QED) is 0.687. The van der Waals surface area contributed by atoms with Crippen LogP contribution in [0.2, 0.25) is 5.02 Å². The van der Waals surface area contributed by atoms with E-state index in [0.717, 1.165) is 22.5 Å². The largest absolute Gasteiger partial charge is 0.326 e. The van der Waals surface area contributed by atoms with Crippen LogP contribution in [0.5, 0.6) is 0 Å². The highest BCUT2D eigenvalue weighted by Gasteiger charge is 2.16. The number of aromatic nitrogens is 4. The third-order valence-corrected chi connectivity index (χ3v) is 5.05. The van der Waals surface area contributed by atoms with E-state index in [-0.39, 0.29) is 11.5 Å². The van der Waals surface area contributed by atoms with Gasteiger partial charge in [0.1, 0.15) is 0 Å². The molecule has 0 atom stereocenters. The second kappa shape index (κ2) is 7.98. The molecule has 0 aliphatic heterocycles. The fourth-order valence-electron chi connectivity index (χ4n) is 3.10. The van der Waals surface area contributed by atoms with Crippen molar-refractivity contribution in [2.45, 2.75) is 40.5 Å². The predicted molar refractivity (Wildman–Crippen MR) is 109 cm³/mol. The highest BCUT2D eigenvalue weighted by atomic mass is 35.5. The number of aryl methyl sites for hydroxylation is 2. The van der Waals surface area contributed by atoms with Gasteiger partial charge in [-0.3, -0.25) is 14.6 Å². The van der Waals surface area contributed by atoms with E-state index in [0.29, 0.717) is 35.2 Å². The normalized spacial score (nSPS) is 10.9. The molecule has 146 valence electrons. The number of carbonyl (C=O) groups excluding carboxylic acids is 1. The summed E-state index contributed by atoms with van der Waals surface area (Å²) in [5.41, 5.74) is 4.54. The van der Waals surface area contributed by atoms with Crippen LogP contribution in [0, 0.1) is 27.7 Å². The third kappa shape index (κ3) is 4.14. The molecule has 0 radical (unpaired) electrons. The molecule has 2 heterocycles. The van der Waals surface area contributed by atoms with Gasteiger partial charge in [-0.05, 0) is 57.4 Å². The van der Waals surface area contributed by atoms with Crippen molar-refractivity contribution in [3.8, 4) is 5.95 Å². The van der Waals surface area contributed by atoms with Crippen LogP contribution in [-0.4, -0.2) is 25.7 Å². The van der Waals surface area contributed by atoms with Crippen LogP contribution in [0.1, 0.15) is 34.6 Å². The van der Waals surface area contributed by atoms with Crippen molar-refractivity contribution in [3.63, 3.8) is 0 Å². The SMILES string of the molecule is Cc1cc(=O)[nH]c(-n2nc(C)c(CCC(=O)Nc3cccc(Cl)c3C)c2C)n1. The molecule has 2 aromatic heterocycles. The molecule has 0 fully saturated rings. The van der Waals surface area contributed by atoms with Crippen molar-refractivity contribution in [1.82, 2.24) is 19.7 Å². The Morgan fingerprint density at radius 3 is 2.71 bits per heavy atom. The minimum atomic E-state index is -0.229. The summed E-state index contributed by atoms with van der Waals surface area (Å²) in [5, 5.41) is 8.00. The first kappa shape index (κ1) is 19.8. The van der Waals surface area contributed by atoms with Gasteiger partial charge in [0.05, 0.1) is 5.69 Å². The molecule has 0 aliphatic rings. The summed E-state index contributed by atoms with van der Waals surface area (Å²) in [7, 11) is 0. The van der Waals surface area contributed by atoms with Crippen molar-refractivity contribution in [1.29, 1.82) is 0 Å². The summed E-state index contributed by atoms with van der Waals surface area (Å²) in [6.07, 6.45) is 0.830. The molecular weight excluding hydrogens is 378 g/mol. The molecule has 0 aliphatic carbocycles. The first-order chi connectivity index (χ1) is 13.3. The van der Waals surface area contributed by atoms with Gasteiger partial charge >= 0.3 is 0 Å². The molecule has 3 rings (SSSR count). The van der Waals surface area contributed by atoms with Crippen LogP contribution >= 0.6 is 11.6 Å². The van der Waals surface area contributed by atoms with E-state index >= 15 is 0 Å². The average Bonchev–Trinajstić information content (AvgIpc) is 2.90. The monoisotopic (exact) mass is 399 g/mol. The minimum Gasteiger partial charge on any atom is -0.326 e. The maximum absolute atomic E-state index is 12.4. The maximum atomic E-state index is 12.4. The Hall–Kier alpha value is -2.93. The Morgan fingerprint density at radius 2 is 2.00 bits per heavy atom. The summed E-state index contributed by atoms with van der Waals surface area (Å²) in [5.74, 6) is 0.273. The maximum Gasteiger partial charge on any atom is 0.252 e. The standard InChI is InChI=1S/C20H22ClN5O2/c1-11-10-19(28)24-20(22-11)26-14(4)15(13(3)25-26)8-9-18(27)23-17-7-5-6-16(21)12(17)2/h5-7,10H,8-9H2,1-4H3,(H,23,27)(H,22,24,28). The zero-order valence-corrected chi connectivity index (χ0v) is 17.0. The van der Waals surface area contributed by atoms with E-state index < -0.39 is 0 Å². The van der Waals surface area contributed by atoms with Gasteiger partial charge in [0, 0.05) is 34.6 Å². The predicted octanol–water partition coefficient (Wildman–Crippen LogP) is 3.41. The van der Waals surface area contributed by atoms with Gasteiger partial charge in [0.15, 0.2) is 0 Å². The van der Waals surface area contributed by atoms with Crippen LogP contribution < -0.4 is 10.9 Å². The summed E-state index contributed by atoms with van der Waals surface area (Å²) >= 11 is 6.10. The van der Waals surface area contributed by atoms with Crippen LogP contribution in [0.15, 0.2) is 29.1 Å². The molecule has 28 heavy (non-hydrogen) atoms. The molecule has 1 aromatic carbocycles. The highest BCUT2D eigenvalue weighted by molar-refractivity contribution is 6.31. The summed E-state index contributed by atoms with van der Waals surface area (Å²) in [6.45, 7) is 7.40. The average molecular weight is 400 g/mol. The Bertz CT molecular complexity index is 1100. The van der Waals surface area contributed by atoms with E-state index in [4.69, 9.17) is 11.6 Å². The van der Waals surface area contributed by atoms with Gasteiger partial charge < -0.3 is 5.32 Å². The number of hydrogen-bond donors (Lipinski definition) is 2. The van der Waals surface area contributed by atoms with E-state index in [1.54, 1.807) is 23.7 Å². The lowest BCUT2D eigenvalue weighted by molar-refractivity contribution is -0.116. The Labute approximate surface area is 167 Å². The van der Waals surface area contributed by atoms with E-state index in [9.17, 15) is 9.59 Å². The molecule has 0 saturated carbocycles. The molecular formula is C20H22ClN5O2. The van der Waals surface area contributed by atoms with Crippen LogP contribution in [-0.2, 0) is 11.2 Å². The lowest BCUT2D eigenvalue weighted by Crippen LogP contribution is -2.15. The lowest BCUT2D eigenvalue weighted by Gasteiger charge is -2.09. The third-order valence-electron chi connectivity index (χ3n) is 4.64. The number of rotatable bonds is 5. The number of H-pyrrole nitrogens is 1. The first-order valence-corrected chi connectivity index (χ1v) is 9.32. The molecule has 8 heteroatoms. The minimum absolute atomic E-state index is 0.0981. The van der Waals surface area contributed by atoms with Gasteiger partial charge in [-0.2, -0.15) is 5.10 Å². The van der Waals surface area contributed by atoms with Crippen molar-refractivity contribution in [2.75, 3.05) is 5.32 Å². The van der Waals surface area contributed by atoms with Crippen molar-refractivity contribution in [2.24, 2.45) is 0 Å². The molecule has 3 aromatic rings. The zero-order valence-electron chi connectivity index (χ0n) is 16.3. The molecule has 0 saturated heterocycles. The van der Waals surface area contributed by atoms with Gasteiger partial charge in [0.2, 0.25) is 11.9 Å². The molecule has 1 amide bonds. The summed E-state index contributed by atoms with van der Waals surface area (Å²) in [4.78, 5) is 31.2. The number of anilines is 1. The number of amides is 1. The number of aromatic amines is 1. The zero-order chi connectivity index (χ0) is 20.4. The molecule has 0 unspecified atom stereocenters. The number of nitrogens with one attached hydrogen (secondary N) is 2. The lowest BCUT2D eigenvalue weighted by atomic mass is 10.1.